The molecule has 2 atom stereocenters. The Morgan fingerprint density at radius 2 is 2.07 bits per heavy atom. The van der Waals surface area contributed by atoms with Gasteiger partial charge in [0.05, 0.1) is 18.8 Å². The molecule has 0 aromatic rings. The molecule has 2 bridgehead atoms. The van der Waals surface area contributed by atoms with Crippen molar-refractivity contribution in [3.8, 4) is 0 Å². The number of aliphatic hydroxyl groups is 1. The molecule has 2 saturated heterocycles. The molecule has 0 amide bonds. The molecule has 2 unspecified atom stereocenters. The molecule has 4 heteroatoms. The van der Waals surface area contributed by atoms with Crippen molar-refractivity contribution in [3.05, 3.63) is 0 Å². The van der Waals surface area contributed by atoms with Gasteiger partial charge < -0.3 is 19.3 Å². The van der Waals surface area contributed by atoms with E-state index < -0.39 is 5.97 Å². The van der Waals surface area contributed by atoms with Crippen LogP contribution in [-0.4, -0.2) is 36.5 Å². The third-order valence-electron chi connectivity index (χ3n) is 3.09. The van der Waals surface area contributed by atoms with E-state index in [2.05, 4.69) is 6.92 Å². The summed E-state index contributed by atoms with van der Waals surface area (Å²) < 4.78 is 17.1. The van der Waals surface area contributed by atoms with E-state index in [0.717, 1.165) is 38.7 Å². The molecule has 2 heterocycles. The smallest absolute Gasteiger partial charge is 0.283 e. The van der Waals surface area contributed by atoms with Gasteiger partial charge in [-0.3, -0.25) is 0 Å². The predicted molar refractivity (Wildman–Crippen MR) is 54.3 cm³/mol. The van der Waals surface area contributed by atoms with Crippen LogP contribution in [0.15, 0.2) is 0 Å². The lowest BCUT2D eigenvalue weighted by molar-refractivity contribution is -0.369. The Labute approximate surface area is 90.5 Å². The van der Waals surface area contributed by atoms with E-state index >= 15 is 0 Å². The molecule has 0 saturated carbocycles. The predicted octanol–water partition coefficient (Wildman–Crippen LogP) is 1.42. The first-order chi connectivity index (χ1) is 7.18. The average molecular weight is 216 g/mol. The minimum absolute atomic E-state index is 0.144. The van der Waals surface area contributed by atoms with Crippen LogP contribution in [0.3, 0.4) is 0 Å². The maximum Gasteiger partial charge on any atom is 0.283 e. The zero-order chi connectivity index (χ0) is 10.8. The molecule has 0 aromatic heterocycles. The molecule has 2 rings (SSSR count). The van der Waals surface area contributed by atoms with Gasteiger partial charge in [0.2, 0.25) is 0 Å². The van der Waals surface area contributed by atoms with Crippen molar-refractivity contribution in [1.82, 2.24) is 0 Å². The van der Waals surface area contributed by atoms with Crippen LogP contribution in [-0.2, 0) is 14.2 Å². The van der Waals surface area contributed by atoms with Crippen molar-refractivity contribution < 1.29 is 19.3 Å². The molecule has 0 aromatic carbocycles. The lowest BCUT2D eigenvalue weighted by Crippen LogP contribution is -2.43. The number of fused-ring (bicyclic) bond motifs is 2. The third kappa shape index (κ3) is 2.50. The van der Waals surface area contributed by atoms with Gasteiger partial charge in [-0.15, -0.1) is 0 Å². The molecular formula is C11H20O4. The van der Waals surface area contributed by atoms with Crippen LogP contribution in [0.25, 0.3) is 0 Å². The molecule has 4 nitrogen and oxygen atoms in total. The van der Waals surface area contributed by atoms with E-state index in [-0.39, 0.29) is 12.2 Å². The van der Waals surface area contributed by atoms with Crippen LogP contribution < -0.4 is 0 Å². The molecular weight excluding hydrogens is 196 g/mol. The van der Waals surface area contributed by atoms with Crippen LogP contribution in [0, 0.1) is 0 Å². The summed E-state index contributed by atoms with van der Waals surface area (Å²) in [4.78, 5) is 0. The Morgan fingerprint density at radius 1 is 1.20 bits per heavy atom. The number of unbranched alkanes of at least 4 members (excludes halogenated alkanes) is 2. The Kier molecular flexibility index (Phi) is 3.30. The highest BCUT2D eigenvalue weighted by Crippen LogP contribution is 2.41. The van der Waals surface area contributed by atoms with E-state index in [1.165, 1.54) is 0 Å². The van der Waals surface area contributed by atoms with Gasteiger partial charge in [0.25, 0.3) is 5.97 Å². The summed E-state index contributed by atoms with van der Waals surface area (Å²) in [6, 6.07) is 0. The van der Waals surface area contributed by atoms with Gasteiger partial charge >= 0.3 is 0 Å². The summed E-state index contributed by atoms with van der Waals surface area (Å²) in [5.41, 5.74) is -0.144. The zero-order valence-corrected chi connectivity index (χ0v) is 9.33. The third-order valence-corrected chi connectivity index (χ3v) is 3.09. The van der Waals surface area contributed by atoms with Crippen molar-refractivity contribution in [2.45, 2.75) is 50.6 Å². The number of hydrogen-bond donors (Lipinski definition) is 1. The van der Waals surface area contributed by atoms with E-state index in [1.54, 1.807) is 0 Å². The Morgan fingerprint density at radius 3 is 2.87 bits per heavy atom. The van der Waals surface area contributed by atoms with E-state index in [4.69, 9.17) is 19.3 Å². The van der Waals surface area contributed by atoms with Gasteiger partial charge in [-0.1, -0.05) is 6.42 Å². The lowest BCUT2D eigenvalue weighted by Gasteiger charge is -2.35. The maximum absolute atomic E-state index is 8.68. The molecule has 88 valence electrons. The summed E-state index contributed by atoms with van der Waals surface area (Å²) in [7, 11) is 0. The van der Waals surface area contributed by atoms with Gasteiger partial charge in [0, 0.05) is 19.4 Å². The van der Waals surface area contributed by atoms with Crippen molar-refractivity contribution >= 4 is 0 Å². The van der Waals surface area contributed by atoms with E-state index in [1.807, 2.05) is 0 Å². The number of aliphatic hydroxyl groups excluding tert-OH is 1. The molecule has 15 heavy (non-hydrogen) atoms. The minimum Gasteiger partial charge on any atom is -0.396 e. The van der Waals surface area contributed by atoms with Crippen LogP contribution in [0.1, 0.15) is 39.0 Å². The van der Waals surface area contributed by atoms with Crippen molar-refractivity contribution in [2.75, 3.05) is 19.8 Å². The Bertz CT molecular complexity index is 221. The summed E-state index contributed by atoms with van der Waals surface area (Å²) in [5.74, 6) is -0.775. The first-order valence-electron chi connectivity index (χ1n) is 5.77. The van der Waals surface area contributed by atoms with Gasteiger partial charge in [0.15, 0.2) is 0 Å². The summed E-state index contributed by atoms with van der Waals surface area (Å²) >= 11 is 0. The van der Waals surface area contributed by atoms with E-state index in [0.29, 0.717) is 6.61 Å². The topological polar surface area (TPSA) is 47.9 Å². The van der Waals surface area contributed by atoms with Gasteiger partial charge in [-0.25, -0.2) is 0 Å². The summed E-state index contributed by atoms with van der Waals surface area (Å²) in [6.45, 7) is 3.68. The fourth-order valence-electron chi connectivity index (χ4n) is 2.14. The van der Waals surface area contributed by atoms with Crippen LogP contribution in [0.5, 0.6) is 0 Å². The Hall–Kier alpha value is -0.160. The fraction of sp³-hybridized carbons (Fsp3) is 1.00. The zero-order valence-electron chi connectivity index (χ0n) is 9.33. The second kappa shape index (κ2) is 4.37. The molecule has 2 fully saturated rings. The highest BCUT2D eigenvalue weighted by atomic mass is 16.9. The average Bonchev–Trinajstić information content (AvgIpc) is 2.45. The lowest BCUT2D eigenvalue weighted by atomic mass is 10.0. The highest BCUT2D eigenvalue weighted by molar-refractivity contribution is 4.87. The standard InChI is InChI=1S/C11H20O4/c1-10-6-8-13-11(15-10,14-9-10)5-3-2-4-7-12/h12H,2-9H2,1H3. The normalized spacial score (nSPS) is 39.6. The van der Waals surface area contributed by atoms with E-state index in [9.17, 15) is 0 Å². The first kappa shape index (κ1) is 11.3. The van der Waals surface area contributed by atoms with Crippen LogP contribution in [0.4, 0.5) is 0 Å². The Balaban J connectivity index is 1.80. The molecule has 2 aliphatic rings. The monoisotopic (exact) mass is 216 g/mol. The van der Waals surface area contributed by atoms with Crippen molar-refractivity contribution in [3.63, 3.8) is 0 Å². The van der Waals surface area contributed by atoms with Gasteiger partial charge in [-0.05, 0) is 19.8 Å². The summed E-state index contributed by atoms with van der Waals surface area (Å²) in [5, 5.41) is 8.68. The summed E-state index contributed by atoms with van der Waals surface area (Å²) in [6.07, 6.45) is 4.48. The number of rotatable bonds is 5. The van der Waals surface area contributed by atoms with Crippen LogP contribution >= 0.6 is 0 Å². The maximum atomic E-state index is 8.68. The SMILES string of the molecule is CC12CCOC(CCCCCO)(OC1)O2. The number of ether oxygens (including phenoxy) is 3. The van der Waals surface area contributed by atoms with Gasteiger partial charge in [-0.2, -0.15) is 0 Å². The molecule has 0 spiro atoms. The van der Waals surface area contributed by atoms with Crippen molar-refractivity contribution in [1.29, 1.82) is 0 Å². The first-order valence-corrected chi connectivity index (χ1v) is 5.77. The number of hydrogen-bond acceptors (Lipinski definition) is 4. The minimum atomic E-state index is -0.775. The van der Waals surface area contributed by atoms with Crippen LogP contribution in [0.2, 0.25) is 0 Å². The highest BCUT2D eigenvalue weighted by Gasteiger charge is 2.52. The molecule has 0 radical (unpaired) electrons. The second-order valence-corrected chi connectivity index (χ2v) is 4.66. The fourth-order valence-corrected chi connectivity index (χ4v) is 2.14. The van der Waals surface area contributed by atoms with Gasteiger partial charge in [0.1, 0.15) is 0 Å². The molecule has 1 N–H and O–H groups in total. The second-order valence-electron chi connectivity index (χ2n) is 4.66. The largest absolute Gasteiger partial charge is 0.396 e. The molecule has 2 aliphatic heterocycles. The quantitative estimate of drug-likeness (QED) is 0.706. The molecule has 0 aliphatic carbocycles. The van der Waals surface area contributed by atoms with Crippen molar-refractivity contribution in [2.24, 2.45) is 0 Å².